The molecule has 8 nitrogen and oxygen atoms in total. The van der Waals surface area contributed by atoms with Crippen LogP contribution < -0.4 is 5.32 Å². The van der Waals surface area contributed by atoms with Crippen molar-refractivity contribution in [1.82, 2.24) is 25.3 Å². The van der Waals surface area contributed by atoms with E-state index in [1.165, 1.54) is 0 Å². The van der Waals surface area contributed by atoms with Crippen molar-refractivity contribution in [3.63, 3.8) is 0 Å². The fourth-order valence-electron chi connectivity index (χ4n) is 4.26. The molecule has 33 heavy (non-hydrogen) atoms. The van der Waals surface area contributed by atoms with Gasteiger partial charge in [-0.3, -0.25) is 9.59 Å². The number of rotatable bonds is 7. The second kappa shape index (κ2) is 9.82. The molecule has 0 saturated carbocycles. The zero-order chi connectivity index (χ0) is 23.5. The number of nitrogens with zero attached hydrogens (tertiary/aromatic N) is 4. The van der Waals surface area contributed by atoms with Crippen molar-refractivity contribution in [2.45, 2.75) is 59.0 Å². The Balaban J connectivity index is 1.40. The van der Waals surface area contributed by atoms with Crippen molar-refractivity contribution in [2.24, 2.45) is 5.92 Å². The van der Waals surface area contributed by atoms with Crippen molar-refractivity contribution in [2.75, 3.05) is 6.54 Å². The van der Waals surface area contributed by atoms with Crippen LogP contribution in [0.2, 0.25) is 0 Å². The standard InChI is InChI=1S/C24H29N5O3S/c1-14(2)20(23-27-16(4)28-32-23)24(31)29-11-5-6-19(29)22(30)25-12-17-7-9-18(10-8-17)21-15(3)26-13-33-21/h7-10,13-14,19-20H,5-6,11-12H2,1-4H3,(H,25,30). The molecule has 2 amide bonds. The number of nitrogens with one attached hydrogen (secondary N) is 1. The van der Waals surface area contributed by atoms with Crippen LogP contribution >= 0.6 is 11.3 Å². The summed E-state index contributed by atoms with van der Waals surface area (Å²) in [4.78, 5) is 37.8. The smallest absolute Gasteiger partial charge is 0.243 e. The maximum Gasteiger partial charge on any atom is 0.243 e. The predicted molar refractivity (Wildman–Crippen MR) is 125 cm³/mol. The molecule has 1 N–H and O–H groups in total. The maximum absolute atomic E-state index is 13.4. The quantitative estimate of drug-likeness (QED) is 0.566. The molecule has 2 unspecified atom stereocenters. The monoisotopic (exact) mass is 467 g/mol. The number of hydrogen-bond acceptors (Lipinski definition) is 7. The number of aromatic nitrogens is 3. The maximum atomic E-state index is 13.4. The Kier molecular flexibility index (Phi) is 6.88. The number of thiazole rings is 1. The third-order valence-electron chi connectivity index (χ3n) is 6.01. The van der Waals surface area contributed by atoms with Crippen LogP contribution in [0.1, 0.15) is 55.6 Å². The molecule has 3 heterocycles. The van der Waals surface area contributed by atoms with Gasteiger partial charge in [-0.2, -0.15) is 4.98 Å². The third kappa shape index (κ3) is 4.98. The van der Waals surface area contributed by atoms with Gasteiger partial charge in [-0.1, -0.05) is 43.3 Å². The van der Waals surface area contributed by atoms with Crippen LogP contribution in [0.4, 0.5) is 0 Å². The Morgan fingerprint density at radius 2 is 2.00 bits per heavy atom. The lowest BCUT2D eigenvalue weighted by Crippen LogP contribution is -2.48. The summed E-state index contributed by atoms with van der Waals surface area (Å²) in [6, 6.07) is 7.64. The second-order valence-corrected chi connectivity index (χ2v) is 9.63. The van der Waals surface area contributed by atoms with E-state index in [9.17, 15) is 9.59 Å². The first-order valence-corrected chi connectivity index (χ1v) is 12.1. The molecule has 0 spiro atoms. The number of carbonyl (C=O) groups excluding carboxylic acids is 2. The van der Waals surface area contributed by atoms with E-state index >= 15 is 0 Å². The van der Waals surface area contributed by atoms with Gasteiger partial charge in [0.1, 0.15) is 12.0 Å². The molecule has 9 heteroatoms. The zero-order valence-corrected chi connectivity index (χ0v) is 20.2. The summed E-state index contributed by atoms with van der Waals surface area (Å²) >= 11 is 1.62. The first kappa shape index (κ1) is 23.1. The number of aryl methyl sites for hydroxylation is 2. The highest BCUT2D eigenvalue weighted by molar-refractivity contribution is 7.13. The number of hydrogen-bond donors (Lipinski definition) is 1. The van der Waals surface area contributed by atoms with E-state index in [1.54, 1.807) is 23.2 Å². The normalized spacial score (nSPS) is 16.9. The summed E-state index contributed by atoms with van der Waals surface area (Å²) in [6.45, 7) is 8.59. The molecule has 0 bridgehead atoms. The summed E-state index contributed by atoms with van der Waals surface area (Å²) in [5.41, 5.74) is 4.99. The van der Waals surface area contributed by atoms with E-state index in [2.05, 4.69) is 20.4 Å². The average molecular weight is 468 g/mol. The van der Waals surface area contributed by atoms with Crippen molar-refractivity contribution in [1.29, 1.82) is 0 Å². The van der Waals surface area contributed by atoms with Crippen LogP contribution in [-0.4, -0.2) is 44.4 Å². The highest BCUT2D eigenvalue weighted by Gasteiger charge is 2.40. The Morgan fingerprint density at radius 1 is 1.24 bits per heavy atom. The first-order valence-electron chi connectivity index (χ1n) is 11.2. The van der Waals surface area contributed by atoms with Crippen molar-refractivity contribution < 1.29 is 14.1 Å². The van der Waals surface area contributed by atoms with Crippen molar-refractivity contribution in [3.8, 4) is 10.4 Å². The molecule has 0 aliphatic carbocycles. The van der Waals surface area contributed by atoms with Crippen LogP contribution in [-0.2, 0) is 16.1 Å². The molecule has 3 aromatic rings. The first-order chi connectivity index (χ1) is 15.8. The van der Waals surface area contributed by atoms with Gasteiger partial charge in [0.2, 0.25) is 17.7 Å². The van der Waals surface area contributed by atoms with E-state index < -0.39 is 12.0 Å². The number of likely N-dealkylation sites (tertiary alicyclic amines) is 1. The topological polar surface area (TPSA) is 101 Å². The Hall–Kier alpha value is -3.07. The minimum absolute atomic E-state index is 0.0256. The van der Waals surface area contributed by atoms with Crippen LogP contribution in [0.3, 0.4) is 0 Å². The number of benzene rings is 1. The molecule has 1 aliphatic heterocycles. The minimum atomic E-state index is -0.553. The molecule has 0 radical (unpaired) electrons. The van der Waals surface area contributed by atoms with Crippen LogP contribution in [0.15, 0.2) is 34.3 Å². The molecular formula is C24H29N5O3S. The molecule has 4 rings (SSSR count). The Labute approximate surface area is 197 Å². The van der Waals surface area contributed by atoms with Gasteiger partial charge in [-0.05, 0) is 43.7 Å². The average Bonchev–Trinajstić information content (AvgIpc) is 3.53. The summed E-state index contributed by atoms with van der Waals surface area (Å²) in [5.74, 6) is -0.0294. The largest absolute Gasteiger partial charge is 0.350 e. The fraction of sp³-hybridized carbons (Fsp3) is 0.458. The molecule has 1 aliphatic rings. The Morgan fingerprint density at radius 3 is 2.61 bits per heavy atom. The van der Waals surface area contributed by atoms with Gasteiger partial charge in [-0.25, -0.2) is 4.98 Å². The second-order valence-electron chi connectivity index (χ2n) is 8.77. The van der Waals surface area contributed by atoms with E-state index in [1.807, 2.05) is 50.5 Å². The fourth-order valence-corrected chi connectivity index (χ4v) is 5.07. The van der Waals surface area contributed by atoms with Crippen LogP contribution in [0, 0.1) is 19.8 Å². The van der Waals surface area contributed by atoms with Crippen LogP contribution in [0.25, 0.3) is 10.4 Å². The van der Waals surface area contributed by atoms with Gasteiger partial charge in [0, 0.05) is 13.1 Å². The van der Waals surface area contributed by atoms with E-state index in [0.29, 0.717) is 31.2 Å². The molecule has 1 fully saturated rings. The molecule has 1 saturated heterocycles. The van der Waals surface area contributed by atoms with E-state index in [0.717, 1.165) is 28.1 Å². The summed E-state index contributed by atoms with van der Waals surface area (Å²) in [5, 5.41) is 6.84. The molecule has 2 atom stereocenters. The predicted octanol–water partition coefficient (Wildman–Crippen LogP) is 3.86. The minimum Gasteiger partial charge on any atom is -0.350 e. The molecule has 174 valence electrons. The molecule has 1 aromatic carbocycles. The van der Waals surface area contributed by atoms with Crippen LogP contribution in [0.5, 0.6) is 0 Å². The van der Waals surface area contributed by atoms with E-state index in [-0.39, 0.29) is 17.7 Å². The Bertz CT molecular complexity index is 1120. The summed E-state index contributed by atoms with van der Waals surface area (Å²) < 4.78 is 5.30. The lowest BCUT2D eigenvalue weighted by atomic mass is 9.93. The summed E-state index contributed by atoms with van der Waals surface area (Å²) in [6.07, 6.45) is 1.44. The van der Waals surface area contributed by atoms with Crippen molar-refractivity contribution >= 4 is 23.2 Å². The zero-order valence-electron chi connectivity index (χ0n) is 19.4. The highest BCUT2D eigenvalue weighted by atomic mass is 32.1. The lowest BCUT2D eigenvalue weighted by Gasteiger charge is -2.28. The van der Waals surface area contributed by atoms with Crippen molar-refractivity contribution in [3.05, 3.63) is 52.7 Å². The SMILES string of the molecule is Cc1noc(C(C(=O)N2CCCC2C(=O)NCc2ccc(-c3scnc3C)cc2)C(C)C)n1. The highest BCUT2D eigenvalue weighted by Crippen LogP contribution is 2.30. The van der Waals surface area contributed by atoms with Gasteiger partial charge in [0.25, 0.3) is 0 Å². The third-order valence-corrected chi connectivity index (χ3v) is 6.99. The lowest BCUT2D eigenvalue weighted by molar-refractivity contribution is -0.140. The van der Waals surface area contributed by atoms with Gasteiger partial charge in [-0.15, -0.1) is 11.3 Å². The molecular weight excluding hydrogens is 438 g/mol. The van der Waals surface area contributed by atoms with Gasteiger partial charge in [0.05, 0.1) is 16.1 Å². The molecule has 2 aromatic heterocycles. The van der Waals surface area contributed by atoms with Gasteiger partial charge >= 0.3 is 0 Å². The number of carbonyl (C=O) groups is 2. The number of amides is 2. The van der Waals surface area contributed by atoms with E-state index in [4.69, 9.17) is 4.52 Å². The van der Waals surface area contributed by atoms with Gasteiger partial charge < -0.3 is 14.7 Å². The summed E-state index contributed by atoms with van der Waals surface area (Å²) in [7, 11) is 0. The van der Waals surface area contributed by atoms with Gasteiger partial charge in [0.15, 0.2) is 5.82 Å².